The number of anilines is 1. The number of carbonyl (C=O) groups is 1. The van der Waals surface area contributed by atoms with Crippen molar-refractivity contribution in [2.75, 3.05) is 5.32 Å². The molecule has 1 aromatic heterocycles. The molecule has 9 nitrogen and oxygen atoms in total. The Bertz CT molecular complexity index is 974. The average Bonchev–Trinajstić information content (AvgIpc) is 3.05. The zero-order valence-electron chi connectivity index (χ0n) is 13.0. The Balaban J connectivity index is 1.67. The van der Waals surface area contributed by atoms with Crippen molar-refractivity contribution in [2.24, 2.45) is 0 Å². The van der Waals surface area contributed by atoms with Gasteiger partial charge in [-0.3, -0.25) is 14.9 Å². The number of amides is 1. The number of nitro benzene ring substituents is 1. The van der Waals surface area contributed by atoms with Gasteiger partial charge in [0.2, 0.25) is 11.7 Å². The van der Waals surface area contributed by atoms with Crippen molar-refractivity contribution in [3.05, 3.63) is 61.5 Å². The van der Waals surface area contributed by atoms with Crippen LogP contribution < -0.4 is 5.32 Å². The van der Waals surface area contributed by atoms with E-state index in [9.17, 15) is 14.9 Å². The zero-order valence-corrected chi connectivity index (χ0v) is 16.1. The van der Waals surface area contributed by atoms with Crippen LogP contribution in [0.25, 0.3) is 11.4 Å². The summed E-state index contributed by atoms with van der Waals surface area (Å²) in [6.07, 6.45) is 0. The van der Waals surface area contributed by atoms with Crippen molar-refractivity contribution in [1.29, 1.82) is 0 Å². The van der Waals surface area contributed by atoms with Crippen molar-refractivity contribution < 1.29 is 9.72 Å². The van der Waals surface area contributed by atoms with Gasteiger partial charge < -0.3 is 5.32 Å². The molecule has 11 heteroatoms. The highest BCUT2D eigenvalue weighted by Gasteiger charge is 2.13. The molecule has 0 unspecified atom stereocenters. The maximum absolute atomic E-state index is 12.1. The first-order chi connectivity index (χ1) is 12.4. The number of rotatable bonds is 5. The molecule has 0 bridgehead atoms. The molecule has 1 amide bonds. The quantitative estimate of drug-likeness (QED) is 0.441. The van der Waals surface area contributed by atoms with Crippen molar-refractivity contribution >= 4 is 49.1 Å². The predicted molar refractivity (Wildman–Crippen MR) is 100 cm³/mol. The highest BCUT2D eigenvalue weighted by atomic mass is 79.9. The summed E-state index contributed by atoms with van der Waals surface area (Å²) < 4.78 is 1.34. The van der Waals surface area contributed by atoms with Crippen molar-refractivity contribution in [1.82, 2.24) is 20.2 Å². The maximum atomic E-state index is 12.1. The topological polar surface area (TPSA) is 116 Å². The number of aromatic nitrogens is 4. The molecule has 26 heavy (non-hydrogen) atoms. The lowest BCUT2D eigenvalue weighted by Gasteiger charge is -2.06. The highest BCUT2D eigenvalue weighted by Crippen LogP contribution is 2.27. The molecule has 132 valence electrons. The Morgan fingerprint density at radius 2 is 1.92 bits per heavy atom. The molecule has 0 atom stereocenters. The first-order valence-electron chi connectivity index (χ1n) is 7.20. The molecule has 1 heterocycles. The lowest BCUT2D eigenvalue weighted by molar-refractivity contribution is -0.384. The van der Waals surface area contributed by atoms with Gasteiger partial charge in [-0.15, -0.1) is 10.2 Å². The number of nitrogens with zero attached hydrogens (tertiary/aromatic N) is 5. The molecule has 0 fully saturated rings. The maximum Gasteiger partial charge on any atom is 0.270 e. The number of hydrogen-bond donors (Lipinski definition) is 1. The van der Waals surface area contributed by atoms with E-state index in [1.807, 2.05) is 24.3 Å². The molecule has 0 saturated carbocycles. The van der Waals surface area contributed by atoms with Gasteiger partial charge in [0.25, 0.3) is 5.69 Å². The third-order valence-electron chi connectivity index (χ3n) is 3.28. The summed E-state index contributed by atoms with van der Waals surface area (Å²) in [4.78, 5) is 23.5. The van der Waals surface area contributed by atoms with E-state index in [-0.39, 0.29) is 18.1 Å². The Labute approximate surface area is 163 Å². The molecular weight excluding hydrogens is 472 g/mol. The van der Waals surface area contributed by atoms with Gasteiger partial charge in [-0.25, -0.2) is 0 Å². The van der Waals surface area contributed by atoms with Crippen LogP contribution in [0.1, 0.15) is 0 Å². The summed E-state index contributed by atoms with van der Waals surface area (Å²) in [5.41, 5.74) is 1.11. The second-order valence-electron chi connectivity index (χ2n) is 5.12. The minimum atomic E-state index is -0.515. The molecule has 0 aliphatic rings. The summed E-state index contributed by atoms with van der Waals surface area (Å²) in [5, 5.41) is 25.3. The molecular formula is C15H10Br2N6O3. The molecule has 2 aromatic carbocycles. The molecule has 0 spiro atoms. The van der Waals surface area contributed by atoms with Crippen LogP contribution >= 0.6 is 31.9 Å². The van der Waals surface area contributed by atoms with Gasteiger partial charge in [0.15, 0.2) is 0 Å². The Morgan fingerprint density at radius 1 is 1.19 bits per heavy atom. The summed E-state index contributed by atoms with van der Waals surface area (Å²) >= 11 is 6.55. The first kappa shape index (κ1) is 18.1. The second kappa shape index (κ2) is 7.70. The highest BCUT2D eigenvalue weighted by molar-refractivity contribution is 9.10. The van der Waals surface area contributed by atoms with Crippen LogP contribution in [0.3, 0.4) is 0 Å². The number of carbonyl (C=O) groups excluding carboxylic acids is 1. The fourth-order valence-corrected chi connectivity index (χ4v) is 2.79. The van der Waals surface area contributed by atoms with E-state index in [4.69, 9.17) is 0 Å². The number of nitrogens with one attached hydrogen (secondary N) is 1. The van der Waals surface area contributed by atoms with E-state index in [0.717, 1.165) is 10.0 Å². The summed E-state index contributed by atoms with van der Waals surface area (Å²) in [5.74, 6) is 0.0149. The summed E-state index contributed by atoms with van der Waals surface area (Å²) in [7, 11) is 0. The number of hydrogen-bond acceptors (Lipinski definition) is 6. The third kappa shape index (κ3) is 4.29. The van der Waals surface area contributed by atoms with Gasteiger partial charge >= 0.3 is 0 Å². The van der Waals surface area contributed by atoms with Crippen LogP contribution in [0.15, 0.2) is 51.4 Å². The van der Waals surface area contributed by atoms with Crippen LogP contribution in [0.2, 0.25) is 0 Å². The van der Waals surface area contributed by atoms with E-state index in [0.29, 0.717) is 16.0 Å². The van der Waals surface area contributed by atoms with Crippen LogP contribution in [0, 0.1) is 10.1 Å². The van der Waals surface area contributed by atoms with Crippen LogP contribution in [0.4, 0.5) is 11.4 Å². The monoisotopic (exact) mass is 480 g/mol. The lowest BCUT2D eigenvalue weighted by Crippen LogP contribution is -2.20. The van der Waals surface area contributed by atoms with Gasteiger partial charge in [-0.2, -0.15) is 4.80 Å². The SMILES string of the molecule is O=C(Cn1nnc(-c2ccc(Br)cc2)n1)Nc1ccc([N+](=O)[O-])cc1Br. The fraction of sp³-hybridized carbons (Fsp3) is 0.0667. The Hall–Kier alpha value is -2.66. The average molecular weight is 482 g/mol. The van der Waals surface area contributed by atoms with Crippen molar-refractivity contribution in [2.45, 2.75) is 6.54 Å². The summed E-state index contributed by atoms with van der Waals surface area (Å²) in [6, 6.07) is 11.4. The number of tetrazole rings is 1. The predicted octanol–water partition coefficient (Wildman–Crippen LogP) is 3.41. The first-order valence-corrected chi connectivity index (χ1v) is 8.78. The van der Waals surface area contributed by atoms with Crippen LogP contribution in [0.5, 0.6) is 0 Å². The molecule has 0 saturated heterocycles. The molecule has 0 aliphatic carbocycles. The van der Waals surface area contributed by atoms with E-state index >= 15 is 0 Å². The van der Waals surface area contributed by atoms with Crippen molar-refractivity contribution in [3.8, 4) is 11.4 Å². The largest absolute Gasteiger partial charge is 0.323 e. The van der Waals surface area contributed by atoms with Gasteiger partial charge in [-0.1, -0.05) is 15.9 Å². The normalized spacial score (nSPS) is 10.5. The van der Waals surface area contributed by atoms with Crippen molar-refractivity contribution in [3.63, 3.8) is 0 Å². The van der Waals surface area contributed by atoms with Crippen LogP contribution in [-0.2, 0) is 11.3 Å². The molecule has 0 aliphatic heterocycles. The second-order valence-corrected chi connectivity index (χ2v) is 6.89. The van der Waals surface area contributed by atoms with E-state index in [1.54, 1.807) is 0 Å². The number of benzene rings is 2. The van der Waals surface area contributed by atoms with E-state index in [1.165, 1.54) is 23.0 Å². The van der Waals surface area contributed by atoms with Crippen LogP contribution in [-0.4, -0.2) is 31.0 Å². The molecule has 1 N–H and O–H groups in total. The molecule has 3 aromatic rings. The van der Waals surface area contributed by atoms with Gasteiger partial charge in [0, 0.05) is 26.6 Å². The molecule has 3 rings (SSSR count). The van der Waals surface area contributed by atoms with E-state index in [2.05, 4.69) is 52.6 Å². The fourth-order valence-electron chi connectivity index (χ4n) is 2.06. The standard InChI is InChI=1S/C15H10Br2N6O3/c16-10-3-1-9(2-4-10)15-19-21-22(20-15)8-14(24)18-13-6-5-11(23(25)26)7-12(13)17/h1-7H,8H2,(H,18,24). The molecule has 0 radical (unpaired) electrons. The number of nitro groups is 1. The van der Waals surface area contributed by atoms with Gasteiger partial charge in [0.1, 0.15) is 6.54 Å². The number of halogens is 2. The summed E-state index contributed by atoms with van der Waals surface area (Å²) in [6.45, 7) is -0.146. The van der Waals surface area contributed by atoms with E-state index < -0.39 is 4.92 Å². The minimum Gasteiger partial charge on any atom is -0.323 e. The zero-order chi connectivity index (χ0) is 18.7. The third-order valence-corrected chi connectivity index (χ3v) is 4.46. The van der Waals surface area contributed by atoms with Gasteiger partial charge in [0.05, 0.1) is 10.6 Å². The minimum absolute atomic E-state index is 0.0769. The van der Waals surface area contributed by atoms with Gasteiger partial charge in [-0.05, 0) is 51.5 Å². The number of non-ortho nitro benzene ring substituents is 1. The Kier molecular flexibility index (Phi) is 5.38. The smallest absolute Gasteiger partial charge is 0.270 e. The Morgan fingerprint density at radius 3 is 2.58 bits per heavy atom. The lowest BCUT2D eigenvalue weighted by atomic mass is 10.2.